The fourth-order valence-electron chi connectivity index (χ4n) is 2.77. The summed E-state index contributed by atoms with van der Waals surface area (Å²) >= 11 is 0. The molecule has 144 valence electrons. The zero-order valence-electron chi connectivity index (χ0n) is 16.1. The molecule has 0 aliphatic heterocycles. The number of nitrogens with one attached hydrogen (secondary N) is 1. The zero-order chi connectivity index (χ0) is 19.6. The molecule has 0 heterocycles. The molecule has 4 nitrogen and oxygen atoms in total. The molecule has 0 spiro atoms. The third kappa shape index (κ3) is 5.96. The molecular weight excluding hydrogens is 350 g/mol. The van der Waals surface area contributed by atoms with Gasteiger partial charge in [0.05, 0.1) is 12.2 Å². The summed E-state index contributed by atoms with van der Waals surface area (Å²) in [5.41, 5.74) is 4.05. The van der Waals surface area contributed by atoms with Crippen LogP contribution in [0.4, 0.5) is 0 Å². The number of ether oxygens (including phenoxy) is 2. The Morgan fingerprint density at radius 3 is 2.00 bits per heavy atom. The van der Waals surface area contributed by atoms with Gasteiger partial charge in [-0.3, -0.25) is 0 Å². The molecule has 3 aromatic rings. The van der Waals surface area contributed by atoms with Crippen molar-refractivity contribution in [2.24, 2.45) is 0 Å². The number of hydrogen-bond acceptors (Lipinski definition) is 4. The molecule has 0 aromatic heterocycles. The van der Waals surface area contributed by atoms with Gasteiger partial charge in [0.1, 0.15) is 12.4 Å². The van der Waals surface area contributed by atoms with E-state index in [9.17, 15) is 4.79 Å². The highest BCUT2D eigenvalue weighted by Crippen LogP contribution is 2.14. The number of carbonyl (C=O) groups is 1. The molecule has 0 saturated heterocycles. The van der Waals surface area contributed by atoms with E-state index in [0.29, 0.717) is 18.8 Å². The van der Waals surface area contributed by atoms with E-state index in [4.69, 9.17) is 9.47 Å². The van der Waals surface area contributed by atoms with Crippen molar-refractivity contribution in [3.8, 4) is 5.75 Å². The van der Waals surface area contributed by atoms with Crippen molar-refractivity contribution in [1.82, 2.24) is 5.32 Å². The summed E-state index contributed by atoms with van der Waals surface area (Å²) in [6.45, 7) is 4.25. The van der Waals surface area contributed by atoms with Crippen molar-refractivity contribution in [3.63, 3.8) is 0 Å². The van der Waals surface area contributed by atoms with Gasteiger partial charge in [-0.2, -0.15) is 0 Å². The molecular formula is C24H25NO3. The summed E-state index contributed by atoms with van der Waals surface area (Å²) in [6, 6.07) is 25.7. The molecule has 4 heteroatoms. The van der Waals surface area contributed by atoms with Crippen molar-refractivity contribution in [2.75, 3.05) is 6.61 Å². The maximum Gasteiger partial charge on any atom is 0.338 e. The lowest BCUT2D eigenvalue weighted by molar-refractivity contribution is 0.0526. The maximum atomic E-state index is 11.7. The van der Waals surface area contributed by atoms with Gasteiger partial charge in [0.2, 0.25) is 0 Å². The van der Waals surface area contributed by atoms with Gasteiger partial charge in [-0.15, -0.1) is 0 Å². The minimum absolute atomic E-state index is 0.281. The van der Waals surface area contributed by atoms with E-state index in [1.165, 1.54) is 5.56 Å². The molecule has 0 amide bonds. The lowest BCUT2D eigenvalue weighted by Crippen LogP contribution is -2.13. The van der Waals surface area contributed by atoms with Crippen molar-refractivity contribution < 1.29 is 14.3 Å². The smallest absolute Gasteiger partial charge is 0.338 e. The van der Waals surface area contributed by atoms with Crippen LogP contribution in [0.5, 0.6) is 5.75 Å². The number of benzene rings is 3. The summed E-state index contributed by atoms with van der Waals surface area (Å²) in [5, 5.41) is 3.41. The highest BCUT2D eigenvalue weighted by Gasteiger charge is 2.05. The first-order valence-corrected chi connectivity index (χ1v) is 9.47. The predicted octanol–water partition coefficient (Wildman–Crippen LogP) is 4.73. The highest BCUT2D eigenvalue weighted by atomic mass is 16.5. The molecule has 0 fully saturated rings. The summed E-state index contributed by atoms with van der Waals surface area (Å²) < 4.78 is 10.8. The monoisotopic (exact) mass is 375 g/mol. The molecule has 3 rings (SSSR count). The van der Waals surface area contributed by atoms with Crippen molar-refractivity contribution >= 4 is 5.97 Å². The van der Waals surface area contributed by atoms with Crippen molar-refractivity contribution in [2.45, 2.75) is 26.6 Å². The standard InChI is InChI=1S/C24H25NO3/c1-2-27-24(26)22-12-8-19(9-13-22)16-25-17-20-10-14-23(15-11-20)28-18-21-6-4-3-5-7-21/h3-15,25H,2,16-18H2,1H3. The minimum atomic E-state index is -0.281. The summed E-state index contributed by atoms with van der Waals surface area (Å²) in [7, 11) is 0. The van der Waals surface area contributed by atoms with E-state index in [1.54, 1.807) is 19.1 Å². The van der Waals surface area contributed by atoms with E-state index in [2.05, 4.69) is 29.6 Å². The molecule has 0 aliphatic carbocycles. The van der Waals surface area contributed by atoms with Gasteiger partial charge in [-0.05, 0) is 47.9 Å². The fraction of sp³-hybridized carbons (Fsp3) is 0.208. The molecule has 0 radical (unpaired) electrons. The van der Waals surface area contributed by atoms with Crippen LogP contribution >= 0.6 is 0 Å². The van der Waals surface area contributed by atoms with Gasteiger partial charge in [-0.1, -0.05) is 54.6 Å². The van der Waals surface area contributed by atoms with Gasteiger partial charge >= 0.3 is 5.97 Å². The van der Waals surface area contributed by atoms with Crippen LogP contribution in [-0.2, 0) is 24.4 Å². The van der Waals surface area contributed by atoms with Crippen LogP contribution < -0.4 is 10.1 Å². The van der Waals surface area contributed by atoms with Crippen LogP contribution in [-0.4, -0.2) is 12.6 Å². The van der Waals surface area contributed by atoms with Crippen LogP contribution in [0.15, 0.2) is 78.9 Å². The van der Waals surface area contributed by atoms with Crippen LogP contribution in [0.2, 0.25) is 0 Å². The topological polar surface area (TPSA) is 47.6 Å². The predicted molar refractivity (Wildman–Crippen MR) is 110 cm³/mol. The normalized spacial score (nSPS) is 10.5. The summed E-state index contributed by atoms with van der Waals surface area (Å²) in [6.07, 6.45) is 0. The SMILES string of the molecule is CCOC(=O)c1ccc(CNCc2ccc(OCc3ccccc3)cc2)cc1. The first-order chi connectivity index (χ1) is 13.7. The lowest BCUT2D eigenvalue weighted by atomic mass is 10.1. The Bertz CT molecular complexity index is 859. The quantitative estimate of drug-likeness (QED) is 0.549. The third-order valence-electron chi connectivity index (χ3n) is 4.29. The molecule has 0 unspecified atom stereocenters. The first kappa shape index (κ1) is 19.6. The van der Waals surface area contributed by atoms with E-state index < -0.39 is 0 Å². The number of rotatable bonds is 9. The Kier molecular flexibility index (Phi) is 7.21. The van der Waals surface area contributed by atoms with Crippen LogP contribution in [0.3, 0.4) is 0 Å². The molecule has 28 heavy (non-hydrogen) atoms. The van der Waals surface area contributed by atoms with Crippen LogP contribution in [0.1, 0.15) is 34.0 Å². The van der Waals surface area contributed by atoms with Gasteiger partial charge in [0, 0.05) is 13.1 Å². The third-order valence-corrected chi connectivity index (χ3v) is 4.29. The first-order valence-electron chi connectivity index (χ1n) is 9.47. The Morgan fingerprint density at radius 1 is 0.786 bits per heavy atom. The molecule has 0 atom stereocenters. The van der Waals surface area contributed by atoms with Gasteiger partial charge in [-0.25, -0.2) is 4.79 Å². The second kappa shape index (κ2) is 10.3. The summed E-state index contributed by atoms with van der Waals surface area (Å²) in [5.74, 6) is 0.582. The number of esters is 1. The second-order valence-corrected chi connectivity index (χ2v) is 6.44. The average Bonchev–Trinajstić information content (AvgIpc) is 2.74. The Balaban J connectivity index is 1.43. The molecule has 1 N–H and O–H groups in total. The maximum absolute atomic E-state index is 11.7. The van der Waals surface area contributed by atoms with Crippen molar-refractivity contribution in [1.29, 1.82) is 0 Å². The van der Waals surface area contributed by atoms with Crippen molar-refractivity contribution in [3.05, 3.63) is 101 Å². The second-order valence-electron chi connectivity index (χ2n) is 6.44. The Hall–Kier alpha value is -3.11. The zero-order valence-corrected chi connectivity index (χ0v) is 16.1. The number of hydrogen-bond donors (Lipinski definition) is 1. The average molecular weight is 375 g/mol. The molecule has 0 bridgehead atoms. The van der Waals surface area contributed by atoms with E-state index in [0.717, 1.165) is 30.0 Å². The Labute approximate surface area is 166 Å². The number of carbonyl (C=O) groups excluding carboxylic acids is 1. The molecule has 3 aromatic carbocycles. The molecule has 0 aliphatic rings. The van der Waals surface area contributed by atoms with Gasteiger partial charge in [0.15, 0.2) is 0 Å². The van der Waals surface area contributed by atoms with E-state index >= 15 is 0 Å². The van der Waals surface area contributed by atoms with Gasteiger partial charge < -0.3 is 14.8 Å². The highest BCUT2D eigenvalue weighted by molar-refractivity contribution is 5.89. The lowest BCUT2D eigenvalue weighted by Gasteiger charge is -2.09. The van der Waals surface area contributed by atoms with E-state index in [1.807, 2.05) is 42.5 Å². The summed E-state index contributed by atoms with van der Waals surface area (Å²) in [4.78, 5) is 11.7. The largest absolute Gasteiger partial charge is 0.489 e. The minimum Gasteiger partial charge on any atom is -0.489 e. The van der Waals surface area contributed by atoms with Gasteiger partial charge in [0.25, 0.3) is 0 Å². The Morgan fingerprint density at radius 2 is 1.39 bits per heavy atom. The fourth-order valence-corrected chi connectivity index (χ4v) is 2.77. The van der Waals surface area contributed by atoms with E-state index in [-0.39, 0.29) is 5.97 Å². The van der Waals surface area contributed by atoms with Crippen LogP contribution in [0.25, 0.3) is 0 Å². The molecule has 0 saturated carbocycles. The van der Waals surface area contributed by atoms with Crippen LogP contribution in [0, 0.1) is 0 Å².